The van der Waals surface area contributed by atoms with Crippen molar-refractivity contribution in [3.63, 3.8) is 0 Å². The summed E-state index contributed by atoms with van der Waals surface area (Å²) in [5, 5.41) is 0. The molecule has 0 amide bonds. The first-order valence-corrected chi connectivity index (χ1v) is 12.1. The van der Waals surface area contributed by atoms with E-state index in [1.54, 1.807) is 0 Å². The number of rotatable bonds is 21. The molecule has 1 radical (unpaired) electrons. The van der Waals surface area contributed by atoms with Gasteiger partial charge in [0.1, 0.15) is 0 Å². The van der Waals surface area contributed by atoms with Crippen LogP contribution in [-0.2, 0) is 0 Å². The third kappa shape index (κ3) is 20.2. The Morgan fingerprint density at radius 2 is 0.760 bits per heavy atom. The Kier molecular flexibility index (Phi) is 22.0. The predicted octanol–water partition coefficient (Wildman–Crippen LogP) is 9.67. The van der Waals surface area contributed by atoms with Crippen LogP contribution >= 0.6 is 0 Å². The topological polar surface area (TPSA) is 0 Å². The molecule has 0 aromatic rings. The molecule has 0 saturated carbocycles. The molecule has 0 saturated heterocycles. The van der Waals surface area contributed by atoms with Crippen molar-refractivity contribution in [3.05, 3.63) is 6.92 Å². The second-order valence-electron chi connectivity index (χ2n) is 8.39. The van der Waals surface area contributed by atoms with Crippen molar-refractivity contribution >= 4 is 0 Å². The van der Waals surface area contributed by atoms with E-state index in [2.05, 4.69) is 20.8 Å². The van der Waals surface area contributed by atoms with Gasteiger partial charge in [0.2, 0.25) is 0 Å². The molecule has 1 atom stereocenters. The van der Waals surface area contributed by atoms with Crippen LogP contribution in [0.3, 0.4) is 0 Å². The minimum atomic E-state index is 0.974. The molecule has 0 heterocycles. The Hall–Kier alpha value is 0. The maximum absolute atomic E-state index is 4.08. The molecule has 0 bridgehead atoms. The van der Waals surface area contributed by atoms with E-state index in [1.165, 1.54) is 128 Å². The summed E-state index contributed by atoms with van der Waals surface area (Å²) in [5.41, 5.74) is 0. The quantitative estimate of drug-likeness (QED) is 0.180. The SMILES string of the molecule is [CH2]CCC(CCCCCC)CCCCCCCCCCCCCCC. The van der Waals surface area contributed by atoms with E-state index in [-0.39, 0.29) is 0 Å². The van der Waals surface area contributed by atoms with Gasteiger partial charge in [0.05, 0.1) is 0 Å². The summed E-state index contributed by atoms with van der Waals surface area (Å²) < 4.78 is 0. The minimum absolute atomic E-state index is 0.974. The lowest BCUT2D eigenvalue weighted by Crippen LogP contribution is -2.00. The molecule has 0 rings (SSSR count). The standard InChI is InChI=1S/C25H51/c1-4-7-9-11-12-13-14-15-16-17-18-19-21-24-25(22-6-3)23-20-10-8-5-2/h25H,3-24H2,1-2H3. The van der Waals surface area contributed by atoms with Crippen LogP contribution in [0.4, 0.5) is 0 Å². The van der Waals surface area contributed by atoms with Gasteiger partial charge in [0, 0.05) is 0 Å². The highest BCUT2D eigenvalue weighted by atomic mass is 14.1. The largest absolute Gasteiger partial charge is 0.0654 e. The Balaban J connectivity index is 3.30. The van der Waals surface area contributed by atoms with Gasteiger partial charge in [-0.05, 0) is 5.92 Å². The molecule has 1 unspecified atom stereocenters. The fourth-order valence-corrected chi connectivity index (χ4v) is 4.03. The zero-order valence-electron chi connectivity index (χ0n) is 18.1. The summed E-state index contributed by atoms with van der Waals surface area (Å²) in [6.45, 7) is 8.69. The summed E-state index contributed by atoms with van der Waals surface area (Å²) in [6, 6.07) is 0. The van der Waals surface area contributed by atoms with Gasteiger partial charge in [-0.1, -0.05) is 156 Å². The second kappa shape index (κ2) is 22.0. The number of hydrogen-bond acceptors (Lipinski definition) is 0. The zero-order valence-corrected chi connectivity index (χ0v) is 18.1. The van der Waals surface area contributed by atoms with E-state index in [0.717, 1.165) is 12.3 Å². The fourth-order valence-electron chi connectivity index (χ4n) is 4.03. The molecule has 0 aromatic heterocycles. The molecule has 0 fully saturated rings. The summed E-state index contributed by atoms with van der Waals surface area (Å²) in [4.78, 5) is 0. The van der Waals surface area contributed by atoms with Gasteiger partial charge < -0.3 is 0 Å². The molecule has 0 N–H and O–H groups in total. The first kappa shape index (κ1) is 25.0. The van der Waals surface area contributed by atoms with Crippen LogP contribution < -0.4 is 0 Å². The van der Waals surface area contributed by atoms with Crippen LogP contribution in [0, 0.1) is 12.8 Å². The molecule has 0 nitrogen and oxygen atoms in total. The maximum Gasteiger partial charge on any atom is -0.0414 e. The predicted molar refractivity (Wildman–Crippen MR) is 117 cm³/mol. The van der Waals surface area contributed by atoms with Crippen molar-refractivity contribution in [2.45, 2.75) is 149 Å². The molecule has 25 heavy (non-hydrogen) atoms. The fraction of sp³-hybridized carbons (Fsp3) is 0.960. The molecular weight excluding hydrogens is 300 g/mol. The van der Waals surface area contributed by atoms with Crippen LogP contribution in [-0.4, -0.2) is 0 Å². The second-order valence-corrected chi connectivity index (χ2v) is 8.39. The average Bonchev–Trinajstić information content (AvgIpc) is 2.62. The highest BCUT2D eigenvalue weighted by molar-refractivity contribution is 4.62. The molecule has 151 valence electrons. The highest BCUT2D eigenvalue weighted by Gasteiger charge is 2.07. The minimum Gasteiger partial charge on any atom is -0.0654 e. The van der Waals surface area contributed by atoms with Crippen LogP contribution in [0.15, 0.2) is 0 Å². The normalized spacial score (nSPS) is 12.6. The summed E-state index contributed by atoms with van der Waals surface area (Å²) in [7, 11) is 0. The van der Waals surface area contributed by atoms with Crippen LogP contribution in [0.1, 0.15) is 149 Å². The van der Waals surface area contributed by atoms with Gasteiger partial charge in [-0.25, -0.2) is 0 Å². The monoisotopic (exact) mass is 351 g/mol. The van der Waals surface area contributed by atoms with Gasteiger partial charge >= 0.3 is 0 Å². The van der Waals surface area contributed by atoms with Crippen molar-refractivity contribution in [3.8, 4) is 0 Å². The van der Waals surface area contributed by atoms with Gasteiger partial charge in [-0.15, -0.1) is 0 Å². The van der Waals surface area contributed by atoms with Crippen LogP contribution in [0.2, 0.25) is 0 Å². The van der Waals surface area contributed by atoms with Crippen LogP contribution in [0.25, 0.3) is 0 Å². The van der Waals surface area contributed by atoms with E-state index in [0.29, 0.717) is 0 Å². The summed E-state index contributed by atoms with van der Waals surface area (Å²) in [5.74, 6) is 0.974. The van der Waals surface area contributed by atoms with E-state index < -0.39 is 0 Å². The van der Waals surface area contributed by atoms with Gasteiger partial charge in [-0.3, -0.25) is 0 Å². The van der Waals surface area contributed by atoms with Crippen molar-refractivity contribution < 1.29 is 0 Å². The van der Waals surface area contributed by atoms with Crippen molar-refractivity contribution in [2.24, 2.45) is 5.92 Å². The first-order valence-electron chi connectivity index (χ1n) is 12.1. The first-order chi connectivity index (χ1) is 12.3. The number of hydrogen-bond donors (Lipinski definition) is 0. The third-order valence-electron chi connectivity index (χ3n) is 5.79. The molecule has 0 aliphatic heterocycles. The summed E-state index contributed by atoms with van der Waals surface area (Å²) >= 11 is 0. The van der Waals surface area contributed by atoms with Crippen molar-refractivity contribution in [1.82, 2.24) is 0 Å². The third-order valence-corrected chi connectivity index (χ3v) is 5.79. The lowest BCUT2D eigenvalue weighted by atomic mass is 9.91. The van der Waals surface area contributed by atoms with Gasteiger partial charge in [0.25, 0.3) is 0 Å². The van der Waals surface area contributed by atoms with Crippen LogP contribution in [0.5, 0.6) is 0 Å². The molecular formula is C25H51. The smallest absolute Gasteiger partial charge is 0.0414 e. The Bertz CT molecular complexity index is 220. The molecule has 0 aromatic carbocycles. The van der Waals surface area contributed by atoms with Gasteiger partial charge in [-0.2, -0.15) is 0 Å². The summed E-state index contributed by atoms with van der Waals surface area (Å²) in [6.07, 6.45) is 30.2. The van der Waals surface area contributed by atoms with E-state index in [4.69, 9.17) is 0 Å². The van der Waals surface area contributed by atoms with Gasteiger partial charge in [0.15, 0.2) is 0 Å². The van der Waals surface area contributed by atoms with E-state index >= 15 is 0 Å². The average molecular weight is 352 g/mol. The zero-order chi connectivity index (χ0) is 18.4. The highest BCUT2D eigenvalue weighted by Crippen LogP contribution is 2.23. The molecule has 0 heteroatoms. The van der Waals surface area contributed by atoms with Crippen molar-refractivity contribution in [1.29, 1.82) is 0 Å². The Morgan fingerprint density at radius 1 is 0.440 bits per heavy atom. The lowest BCUT2D eigenvalue weighted by molar-refractivity contribution is 0.383. The van der Waals surface area contributed by atoms with E-state index in [9.17, 15) is 0 Å². The van der Waals surface area contributed by atoms with Crippen molar-refractivity contribution in [2.75, 3.05) is 0 Å². The molecule has 0 spiro atoms. The maximum atomic E-state index is 4.08. The molecule has 0 aliphatic carbocycles. The van der Waals surface area contributed by atoms with E-state index in [1.807, 2.05) is 0 Å². The molecule has 0 aliphatic rings. The lowest BCUT2D eigenvalue weighted by Gasteiger charge is -2.15. The number of unbranched alkanes of at least 4 members (excludes halogenated alkanes) is 15. The Labute approximate surface area is 161 Å². The Morgan fingerprint density at radius 3 is 1.12 bits per heavy atom.